The first-order valence-electron chi connectivity index (χ1n) is 4.26. The summed E-state index contributed by atoms with van der Waals surface area (Å²) in [4.78, 5) is 11.3. The molecule has 0 aliphatic rings. The Balaban J connectivity index is 3.16. The molecular formula is C11H13NO2. The molecule has 0 aromatic heterocycles. The van der Waals surface area contributed by atoms with Gasteiger partial charge in [-0.25, -0.2) is 4.79 Å². The fraction of sp³-hybridized carbons (Fsp3) is 0.182. The predicted molar refractivity (Wildman–Crippen MR) is 55.8 cm³/mol. The lowest BCUT2D eigenvalue weighted by Gasteiger charge is -2.04. The number of methoxy groups -OCH3 is 1. The Hall–Kier alpha value is -1.61. The lowest BCUT2D eigenvalue weighted by molar-refractivity contribution is 0.0600. The number of benzene rings is 1. The summed E-state index contributed by atoms with van der Waals surface area (Å²) >= 11 is 0. The molecule has 0 fully saturated rings. The van der Waals surface area contributed by atoms with E-state index in [2.05, 4.69) is 11.3 Å². The summed E-state index contributed by atoms with van der Waals surface area (Å²) in [5.41, 5.74) is 7.76. The molecule has 0 bridgehead atoms. The van der Waals surface area contributed by atoms with E-state index in [4.69, 9.17) is 5.73 Å². The zero-order valence-electron chi connectivity index (χ0n) is 8.12. The van der Waals surface area contributed by atoms with Crippen LogP contribution in [0.5, 0.6) is 0 Å². The highest BCUT2D eigenvalue weighted by molar-refractivity contribution is 5.90. The van der Waals surface area contributed by atoms with Crippen LogP contribution >= 0.6 is 0 Å². The number of ether oxygens (including phenoxy) is 1. The third-order valence-corrected chi connectivity index (χ3v) is 1.91. The zero-order chi connectivity index (χ0) is 10.6. The van der Waals surface area contributed by atoms with Gasteiger partial charge in [0.15, 0.2) is 0 Å². The van der Waals surface area contributed by atoms with Gasteiger partial charge in [0.05, 0.1) is 12.7 Å². The van der Waals surface area contributed by atoms with E-state index in [0.29, 0.717) is 12.1 Å². The smallest absolute Gasteiger partial charge is 0.337 e. The highest BCUT2D eigenvalue weighted by Crippen LogP contribution is 2.12. The van der Waals surface area contributed by atoms with Crippen molar-refractivity contribution in [2.24, 2.45) is 5.73 Å². The lowest BCUT2D eigenvalue weighted by atomic mass is 10.1. The van der Waals surface area contributed by atoms with E-state index in [1.54, 1.807) is 18.2 Å². The molecule has 14 heavy (non-hydrogen) atoms. The van der Waals surface area contributed by atoms with Crippen LogP contribution < -0.4 is 5.73 Å². The van der Waals surface area contributed by atoms with Crippen LogP contribution in [0.4, 0.5) is 0 Å². The predicted octanol–water partition coefficient (Wildman–Crippen LogP) is 1.57. The van der Waals surface area contributed by atoms with E-state index in [-0.39, 0.29) is 5.97 Å². The van der Waals surface area contributed by atoms with Crippen molar-refractivity contribution in [3.63, 3.8) is 0 Å². The molecule has 0 aliphatic carbocycles. The Bertz CT molecular complexity index is 358. The molecule has 3 nitrogen and oxygen atoms in total. The Morgan fingerprint density at radius 1 is 1.57 bits per heavy atom. The third kappa shape index (κ3) is 2.20. The van der Waals surface area contributed by atoms with Crippen molar-refractivity contribution in [1.82, 2.24) is 0 Å². The number of hydrogen-bond donors (Lipinski definition) is 1. The molecule has 0 atom stereocenters. The van der Waals surface area contributed by atoms with Gasteiger partial charge in [-0.3, -0.25) is 0 Å². The van der Waals surface area contributed by atoms with Gasteiger partial charge in [-0.2, -0.15) is 0 Å². The second-order valence-corrected chi connectivity index (χ2v) is 2.86. The second-order valence-electron chi connectivity index (χ2n) is 2.86. The highest BCUT2D eigenvalue weighted by atomic mass is 16.5. The minimum atomic E-state index is -0.358. The van der Waals surface area contributed by atoms with Gasteiger partial charge in [0, 0.05) is 6.54 Å². The number of nitrogens with two attached hydrogens (primary N) is 1. The Kier molecular flexibility index (Phi) is 3.42. The van der Waals surface area contributed by atoms with E-state index in [1.165, 1.54) is 7.11 Å². The minimum absolute atomic E-state index is 0.358. The monoisotopic (exact) mass is 191 g/mol. The number of carbonyl (C=O) groups is 1. The van der Waals surface area contributed by atoms with Crippen molar-refractivity contribution in [1.29, 1.82) is 0 Å². The van der Waals surface area contributed by atoms with Gasteiger partial charge in [-0.15, -0.1) is 0 Å². The van der Waals surface area contributed by atoms with Gasteiger partial charge in [-0.1, -0.05) is 18.7 Å². The van der Waals surface area contributed by atoms with Crippen molar-refractivity contribution in [3.8, 4) is 0 Å². The van der Waals surface area contributed by atoms with Gasteiger partial charge < -0.3 is 10.5 Å². The summed E-state index contributed by atoms with van der Waals surface area (Å²) in [5, 5.41) is 0. The van der Waals surface area contributed by atoms with E-state index in [1.807, 2.05) is 6.07 Å². The Labute approximate surface area is 83.2 Å². The molecule has 0 saturated heterocycles. The summed E-state index contributed by atoms with van der Waals surface area (Å²) in [5.74, 6) is -0.358. The summed E-state index contributed by atoms with van der Waals surface area (Å²) < 4.78 is 4.62. The fourth-order valence-corrected chi connectivity index (χ4v) is 1.19. The van der Waals surface area contributed by atoms with Gasteiger partial charge in [0.1, 0.15) is 0 Å². The maximum absolute atomic E-state index is 11.3. The standard InChI is InChI=1S/C11H13NO2/c1-3-8-4-9(7-12)6-10(5-8)11(13)14-2/h3-6H,1,7,12H2,2H3. The molecule has 0 spiro atoms. The van der Waals surface area contributed by atoms with Gasteiger partial charge in [0.25, 0.3) is 0 Å². The first-order valence-corrected chi connectivity index (χ1v) is 4.26. The molecule has 0 radical (unpaired) electrons. The number of esters is 1. The molecule has 0 aliphatic heterocycles. The van der Waals surface area contributed by atoms with E-state index in [0.717, 1.165) is 11.1 Å². The van der Waals surface area contributed by atoms with Crippen molar-refractivity contribution in [2.75, 3.05) is 7.11 Å². The normalized spacial score (nSPS) is 9.57. The largest absolute Gasteiger partial charge is 0.465 e. The van der Waals surface area contributed by atoms with Crippen LogP contribution in [0.25, 0.3) is 6.08 Å². The summed E-state index contributed by atoms with van der Waals surface area (Å²) in [6.07, 6.45) is 1.67. The maximum Gasteiger partial charge on any atom is 0.337 e. The molecule has 1 rings (SSSR count). The SMILES string of the molecule is C=Cc1cc(CN)cc(C(=O)OC)c1. The molecule has 0 amide bonds. The van der Waals surface area contributed by atoms with Crippen molar-refractivity contribution in [2.45, 2.75) is 6.54 Å². The van der Waals surface area contributed by atoms with Crippen LogP contribution in [0.2, 0.25) is 0 Å². The molecule has 0 saturated carbocycles. The fourth-order valence-electron chi connectivity index (χ4n) is 1.19. The van der Waals surface area contributed by atoms with Gasteiger partial charge in [0.2, 0.25) is 0 Å². The van der Waals surface area contributed by atoms with Crippen LogP contribution in [-0.4, -0.2) is 13.1 Å². The van der Waals surface area contributed by atoms with Crippen LogP contribution in [0, 0.1) is 0 Å². The van der Waals surface area contributed by atoms with E-state index < -0.39 is 0 Å². The average Bonchev–Trinajstić information content (AvgIpc) is 2.27. The van der Waals surface area contributed by atoms with Crippen LogP contribution in [-0.2, 0) is 11.3 Å². The number of hydrogen-bond acceptors (Lipinski definition) is 3. The quantitative estimate of drug-likeness (QED) is 0.738. The van der Waals surface area contributed by atoms with E-state index >= 15 is 0 Å². The first kappa shape index (κ1) is 10.5. The van der Waals surface area contributed by atoms with Crippen molar-refractivity contribution >= 4 is 12.0 Å². The molecule has 3 heteroatoms. The molecular weight excluding hydrogens is 178 g/mol. The van der Waals surface area contributed by atoms with E-state index in [9.17, 15) is 4.79 Å². The summed E-state index contributed by atoms with van der Waals surface area (Å²) in [6, 6.07) is 5.33. The summed E-state index contributed by atoms with van der Waals surface area (Å²) in [7, 11) is 1.35. The average molecular weight is 191 g/mol. The number of rotatable bonds is 3. The Morgan fingerprint density at radius 3 is 2.79 bits per heavy atom. The minimum Gasteiger partial charge on any atom is -0.465 e. The zero-order valence-corrected chi connectivity index (χ0v) is 8.12. The maximum atomic E-state index is 11.3. The van der Waals surface area contributed by atoms with Crippen LogP contribution in [0.15, 0.2) is 24.8 Å². The number of carbonyl (C=O) groups excluding carboxylic acids is 1. The lowest BCUT2D eigenvalue weighted by Crippen LogP contribution is -2.04. The van der Waals surface area contributed by atoms with Crippen LogP contribution in [0.1, 0.15) is 21.5 Å². The van der Waals surface area contributed by atoms with Gasteiger partial charge in [-0.05, 0) is 23.3 Å². The molecule has 2 N–H and O–H groups in total. The topological polar surface area (TPSA) is 52.3 Å². The molecule has 0 heterocycles. The first-order chi connectivity index (χ1) is 6.71. The Morgan fingerprint density at radius 2 is 2.29 bits per heavy atom. The molecule has 0 unspecified atom stereocenters. The highest BCUT2D eigenvalue weighted by Gasteiger charge is 2.06. The molecule has 74 valence electrons. The van der Waals surface area contributed by atoms with Crippen molar-refractivity contribution < 1.29 is 9.53 Å². The third-order valence-electron chi connectivity index (χ3n) is 1.91. The van der Waals surface area contributed by atoms with Crippen LogP contribution in [0.3, 0.4) is 0 Å². The molecule has 1 aromatic carbocycles. The second kappa shape index (κ2) is 4.58. The van der Waals surface area contributed by atoms with Crippen molar-refractivity contribution in [3.05, 3.63) is 41.5 Å². The molecule has 1 aromatic rings. The van der Waals surface area contributed by atoms with Gasteiger partial charge >= 0.3 is 5.97 Å². The summed E-state index contributed by atoms with van der Waals surface area (Å²) in [6.45, 7) is 4.03.